The Morgan fingerprint density at radius 2 is 2.46 bits per heavy atom. The SMILES string of the molecule is N#Cc1cccnc1C#CCC=O. The van der Waals surface area contributed by atoms with Crippen molar-refractivity contribution >= 4 is 6.29 Å². The lowest BCUT2D eigenvalue weighted by Crippen LogP contribution is -1.86. The molecule has 3 nitrogen and oxygen atoms in total. The third-order valence-electron chi connectivity index (χ3n) is 1.32. The van der Waals surface area contributed by atoms with Crippen LogP contribution in [0.3, 0.4) is 0 Å². The van der Waals surface area contributed by atoms with E-state index in [0.29, 0.717) is 17.5 Å². The minimum atomic E-state index is 0.168. The average molecular weight is 170 g/mol. The first kappa shape index (κ1) is 8.96. The Labute approximate surface area is 76.0 Å². The quantitative estimate of drug-likeness (QED) is 0.464. The van der Waals surface area contributed by atoms with Crippen LogP contribution in [0.4, 0.5) is 0 Å². The standard InChI is InChI=1S/C10H6N2O/c11-8-9-4-3-6-12-10(9)5-1-2-7-13/h3-4,6-7H,2H2. The molecule has 0 N–H and O–H groups in total. The van der Waals surface area contributed by atoms with Crippen LogP contribution in [0.25, 0.3) is 0 Å². The van der Waals surface area contributed by atoms with Crippen molar-refractivity contribution in [2.45, 2.75) is 6.42 Å². The molecule has 0 atom stereocenters. The summed E-state index contributed by atoms with van der Waals surface area (Å²) in [7, 11) is 0. The zero-order valence-corrected chi connectivity index (χ0v) is 6.82. The number of aldehydes is 1. The van der Waals surface area contributed by atoms with Crippen molar-refractivity contribution in [3.8, 4) is 17.9 Å². The number of aromatic nitrogens is 1. The van der Waals surface area contributed by atoms with Gasteiger partial charge in [0.2, 0.25) is 0 Å². The third-order valence-corrected chi connectivity index (χ3v) is 1.32. The topological polar surface area (TPSA) is 53.8 Å². The molecule has 0 unspecified atom stereocenters. The molecule has 1 aromatic heterocycles. The van der Waals surface area contributed by atoms with E-state index in [0.717, 1.165) is 0 Å². The molecule has 0 spiro atoms. The molecule has 0 saturated heterocycles. The van der Waals surface area contributed by atoms with Crippen LogP contribution in [0.1, 0.15) is 17.7 Å². The van der Waals surface area contributed by atoms with Crippen LogP contribution in [-0.2, 0) is 4.79 Å². The van der Waals surface area contributed by atoms with Gasteiger partial charge in [0, 0.05) is 6.20 Å². The van der Waals surface area contributed by atoms with Gasteiger partial charge >= 0.3 is 0 Å². The van der Waals surface area contributed by atoms with E-state index in [2.05, 4.69) is 16.8 Å². The lowest BCUT2D eigenvalue weighted by atomic mass is 10.2. The van der Waals surface area contributed by atoms with Crippen LogP contribution in [0.2, 0.25) is 0 Å². The summed E-state index contributed by atoms with van der Waals surface area (Å²) in [5.41, 5.74) is 0.854. The first-order valence-corrected chi connectivity index (χ1v) is 3.66. The van der Waals surface area contributed by atoms with Crippen LogP contribution in [0.5, 0.6) is 0 Å². The molecule has 0 aromatic carbocycles. The predicted molar refractivity (Wildman–Crippen MR) is 46.5 cm³/mol. The van der Waals surface area contributed by atoms with Crippen molar-refractivity contribution in [3.05, 3.63) is 29.6 Å². The van der Waals surface area contributed by atoms with E-state index in [9.17, 15) is 4.79 Å². The number of hydrogen-bond donors (Lipinski definition) is 0. The largest absolute Gasteiger partial charge is 0.302 e. The van der Waals surface area contributed by atoms with E-state index in [1.807, 2.05) is 6.07 Å². The zero-order chi connectivity index (χ0) is 9.52. The first-order chi connectivity index (χ1) is 6.38. The summed E-state index contributed by atoms with van der Waals surface area (Å²) in [6.07, 6.45) is 2.44. The highest BCUT2D eigenvalue weighted by molar-refractivity contribution is 5.55. The fourth-order valence-corrected chi connectivity index (χ4v) is 0.772. The van der Waals surface area contributed by atoms with Crippen LogP contribution in [0.15, 0.2) is 18.3 Å². The number of carbonyl (C=O) groups is 1. The van der Waals surface area contributed by atoms with E-state index in [1.54, 1.807) is 18.3 Å². The maximum absolute atomic E-state index is 9.96. The van der Waals surface area contributed by atoms with Gasteiger partial charge in [0.05, 0.1) is 12.0 Å². The van der Waals surface area contributed by atoms with E-state index in [4.69, 9.17) is 5.26 Å². The fourth-order valence-electron chi connectivity index (χ4n) is 0.772. The summed E-state index contributed by atoms with van der Waals surface area (Å²) in [5.74, 6) is 5.24. The molecule has 0 aliphatic carbocycles. The number of carbonyl (C=O) groups excluding carboxylic acids is 1. The number of nitriles is 1. The van der Waals surface area contributed by atoms with Crippen LogP contribution < -0.4 is 0 Å². The highest BCUT2D eigenvalue weighted by atomic mass is 16.1. The average Bonchev–Trinajstić information content (AvgIpc) is 2.19. The van der Waals surface area contributed by atoms with Crippen LogP contribution in [-0.4, -0.2) is 11.3 Å². The molecule has 0 fully saturated rings. The summed E-state index contributed by atoms with van der Waals surface area (Å²) in [5, 5.41) is 8.65. The second-order valence-electron chi connectivity index (χ2n) is 2.18. The molecule has 1 rings (SSSR count). The maximum atomic E-state index is 9.96. The molecular weight excluding hydrogens is 164 g/mol. The summed E-state index contributed by atoms with van der Waals surface area (Å²) in [6.45, 7) is 0. The van der Waals surface area contributed by atoms with Gasteiger partial charge in [-0.15, -0.1) is 0 Å². The molecule has 62 valence electrons. The van der Waals surface area contributed by atoms with Crippen molar-refractivity contribution in [1.82, 2.24) is 4.98 Å². The Kier molecular flexibility index (Phi) is 3.23. The Hall–Kier alpha value is -2.13. The Balaban J connectivity index is 2.97. The first-order valence-electron chi connectivity index (χ1n) is 3.66. The van der Waals surface area contributed by atoms with Crippen molar-refractivity contribution in [2.24, 2.45) is 0 Å². The molecule has 0 amide bonds. The van der Waals surface area contributed by atoms with E-state index in [-0.39, 0.29) is 6.42 Å². The number of nitrogens with zero attached hydrogens (tertiary/aromatic N) is 2. The number of pyridine rings is 1. The molecule has 1 heterocycles. The van der Waals surface area contributed by atoms with E-state index in [1.165, 1.54) is 0 Å². The fraction of sp³-hybridized carbons (Fsp3) is 0.100. The number of rotatable bonds is 1. The third kappa shape index (κ3) is 2.43. The predicted octanol–water partition coefficient (Wildman–Crippen LogP) is 0.894. The highest BCUT2D eigenvalue weighted by Gasteiger charge is 1.96. The van der Waals surface area contributed by atoms with Gasteiger partial charge in [-0.25, -0.2) is 4.98 Å². The van der Waals surface area contributed by atoms with Gasteiger partial charge < -0.3 is 4.79 Å². The van der Waals surface area contributed by atoms with Gasteiger partial charge in [-0.3, -0.25) is 0 Å². The second-order valence-corrected chi connectivity index (χ2v) is 2.18. The van der Waals surface area contributed by atoms with Gasteiger partial charge in [0.25, 0.3) is 0 Å². The second kappa shape index (κ2) is 4.69. The van der Waals surface area contributed by atoms with Crippen LogP contribution >= 0.6 is 0 Å². The van der Waals surface area contributed by atoms with Crippen molar-refractivity contribution in [2.75, 3.05) is 0 Å². The highest BCUT2D eigenvalue weighted by Crippen LogP contribution is 2.00. The molecular formula is C10H6N2O. The molecule has 0 radical (unpaired) electrons. The zero-order valence-electron chi connectivity index (χ0n) is 6.82. The Bertz CT molecular complexity index is 407. The molecule has 13 heavy (non-hydrogen) atoms. The van der Waals surface area contributed by atoms with Crippen molar-refractivity contribution in [1.29, 1.82) is 5.26 Å². The molecule has 0 bridgehead atoms. The molecule has 1 aromatic rings. The Morgan fingerprint density at radius 1 is 1.62 bits per heavy atom. The summed E-state index contributed by atoms with van der Waals surface area (Å²) < 4.78 is 0. The van der Waals surface area contributed by atoms with Gasteiger partial charge in [-0.2, -0.15) is 5.26 Å². The lowest BCUT2D eigenvalue weighted by Gasteiger charge is -1.90. The van der Waals surface area contributed by atoms with Gasteiger partial charge in [0.1, 0.15) is 18.0 Å². The lowest BCUT2D eigenvalue weighted by molar-refractivity contribution is -0.107. The summed E-state index contributed by atoms with van der Waals surface area (Å²) in [6, 6.07) is 5.28. The van der Waals surface area contributed by atoms with E-state index >= 15 is 0 Å². The normalized spacial score (nSPS) is 7.92. The van der Waals surface area contributed by atoms with Gasteiger partial charge in [-0.05, 0) is 18.1 Å². The summed E-state index contributed by atoms with van der Waals surface area (Å²) in [4.78, 5) is 13.9. The Morgan fingerprint density at radius 3 is 3.15 bits per heavy atom. The molecule has 0 saturated carbocycles. The minimum absolute atomic E-state index is 0.168. The minimum Gasteiger partial charge on any atom is -0.302 e. The maximum Gasteiger partial charge on any atom is 0.131 e. The summed E-state index contributed by atoms with van der Waals surface area (Å²) >= 11 is 0. The molecule has 0 aliphatic heterocycles. The van der Waals surface area contributed by atoms with E-state index < -0.39 is 0 Å². The monoisotopic (exact) mass is 170 g/mol. The molecule has 0 aliphatic rings. The molecule has 3 heteroatoms. The van der Waals surface area contributed by atoms with Crippen molar-refractivity contribution in [3.63, 3.8) is 0 Å². The number of hydrogen-bond acceptors (Lipinski definition) is 3. The van der Waals surface area contributed by atoms with Crippen molar-refractivity contribution < 1.29 is 4.79 Å². The smallest absolute Gasteiger partial charge is 0.131 e. The van der Waals surface area contributed by atoms with Gasteiger partial charge in [-0.1, -0.05) is 5.92 Å². The van der Waals surface area contributed by atoms with Gasteiger partial charge in [0.15, 0.2) is 0 Å². The van der Waals surface area contributed by atoms with Crippen LogP contribution in [0, 0.1) is 23.2 Å².